The summed E-state index contributed by atoms with van der Waals surface area (Å²) in [5.41, 5.74) is 1.31. The quantitative estimate of drug-likeness (QED) is 0.171. The number of esters is 1. The van der Waals surface area contributed by atoms with Crippen LogP contribution in [0.25, 0.3) is 10.8 Å². The second kappa shape index (κ2) is 14.2. The average Bonchev–Trinajstić information content (AvgIpc) is 2.91. The van der Waals surface area contributed by atoms with Gasteiger partial charge in [0.15, 0.2) is 11.5 Å². The number of benzene rings is 1. The molecule has 0 spiro atoms. The molecule has 0 saturated heterocycles. The smallest absolute Gasteiger partial charge is 0.302 e. The fraction of sp³-hybridized carbons (Fsp3) is 0.448. The van der Waals surface area contributed by atoms with E-state index in [-0.39, 0.29) is 35.9 Å². The lowest BCUT2D eigenvalue weighted by Gasteiger charge is -2.24. The second-order valence-corrected chi connectivity index (χ2v) is 9.93. The van der Waals surface area contributed by atoms with Gasteiger partial charge >= 0.3 is 5.97 Å². The van der Waals surface area contributed by atoms with Crippen LogP contribution in [-0.2, 0) is 27.4 Å². The number of fused-ring (bicyclic) bond motifs is 1. The van der Waals surface area contributed by atoms with Crippen molar-refractivity contribution in [2.24, 2.45) is 5.92 Å². The number of anilines is 1. The Hall–Kier alpha value is -4.08. The number of nitrogens with zero attached hydrogens (tertiary/aromatic N) is 5. The molecule has 0 aliphatic carbocycles. The van der Waals surface area contributed by atoms with E-state index in [2.05, 4.69) is 4.98 Å². The summed E-state index contributed by atoms with van der Waals surface area (Å²) in [6, 6.07) is 7.68. The van der Waals surface area contributed by atoms with Crippen LogP contribution in [0.2, 0.25) is 0 Å². The molecule has 0 bridgehead atoms. The predicted molar refractivity (Wildman–Crippen MR) is 149 cm³/mol. The first-order valence-electron chi connectivity index (χ1n) is 13.1. The molecule has 10 heteroatoms. The van der Waals surface area contributed by atoms with E-state index in [0.717, 1.165) is 30.0 Å². The molecule has 39 heavy (non-hydrogen) atoms. The van der Waals surface area contributed by atoms with Crippen molar-refractivity contribution in [1.29, 1.82) is 0 Å². The average molecular weight is 536 g/mol. The lowest BCUT2D eigenvalue weighted by atomic mass is 10.1. The Morgan fingerprint density at radius 3 is 2.54 bits per heavy atom. The summed E-state index contributed by atoms with van der Waals surface area (Å²) >= 11 is 0. The van der Waals surface area contributed by atoms with Crippen molar-refractivity contribution in [3.63, 3.8) is 0 Å². The number of ether oxygens (including phenoxy) is 2. The third kappa shape index (κ3) is 8.20. The number of aryl methyl sites for hydroxylation is 1. The normalized spacial score (nSPS) is 10.9. The number of hydrogen-bond donors (Lipinski definition) is 0. The van der Waals surface area contributed by atoms with Crippen molar-refractivity contribution in [1.82, 2.24) is 19.9 Å². The fourth-order valence-corrected chi connectivity index (χ4v) is 4.08. The number of unbranched alkanes of at least 4 members (excludes halogenated alkanes) is 2. The minimum absolute atomic E-state index is 0.0988. The van der Waals surface area contributed by atoms with Gasteiger partial charge in [-0.25, -0.2) is 9.97 Å². The predicted octanol–water partition coefficient (Wildman–Crippen LogP) is 4.20. The monoisotopic (exact) mass is 535 g/mol. The van der Waals surface area contributed by atoms with Gasteiger partial charge in [-0.15, -0.1) is 0 Å². The number of carbonyl (C=O) groups is 3. The molecular weight excluding hydrogens is 498 g/mol. The number of pyridine rings is 1. The van der Waals surface area contributed by atoms with Gasteiger partial charge in [-0.2, -0.15) is 0 Å². The van der Waals surface area contributed by atoms with Gasteiger partial charge in [0.25, 0.3) is 5.91 Å². The van der Waals surface area contributed by atoms with Crippen molar-refractivity contribution in [3.8, 4) is 5.75 Å². The number of aromatic nitrogens is 3. The topological polar surface area (TPSA) is 115 Å². The summed E-state index contributed by atoms with van der Waals surface area (Å²) in [6.45, 7) is 6.21. The molecule has 0 radical (unpaired) electrons. The molecule has 0 aliphatic heterocycles. The molecular formula is C29H37N5O5. The third-order valence-electron chi connectivity index (χ3n) is 5.97. The van der Waals surface area contributed by atoms with Crippen LogP contribution in [-0.4, -0.2) is 65.4 Å². The highest BCUT2D eigenvalue weighted by Gasteiger charge is 2.25. The van der Waals surface area contributed by atoms with Crippen LogP contribution in [0.4, 0.5) is 5.82 Å². The Bertz CT molecular complexity index is 1290. The minimum Gasteiger partial charge on any atom is -0.487 e. The van der Waals surface area contributed by atoms with Crippen molar-refractivity contribution in [2.45, 2.75) is 53.1 Å². The number of amides is 2. The maximum absolute atomic E-state index is 13.1. The van der Waals surface area contributed by atoms with E-state index in [4.69, 9.17) is 19.4 Å². The van der Waals surface area contributed by atoms with Crippen LogP contribution in [0.1, 0.15) is 61.9 Å². The molecule has 2 amide bonds. The van der Waals surface area contributed by atoms with Gasteiger partial charge < -0.3 is 14.4 Å². The van der Waals surface area contributed by atoms with E-state index in [1.54, 1.807) is 26.5 Å². The molecule has 1 aromatic carbocycles. The van der Waals surface area contributed by atoms with Crippen molar-refractivity contribution in [2.75, 3.05) is 32.1 Å². The first-order valence-corrected chi connectivity index (χ1v) is 13.1. The van der Waals surface area contributed by atoms with Crippen molar-refractivity contribution in [3.05, 3.63) is 53.7 Å². The van der Waals surface area contributed by atoms with Crippen LogP contribution < -0.4 is 9.64 Å². The molecule has 10 nitrogen and oxygen atoms in total. The maximum atomic E-state index is 13.1. The highest BCUT2D eigenvalue weighted by atomic mass is 16.5. The van der Waals surface area contributed by atoms with Crippen LogP contribution in [0.3, 0.4) is 0 Å². The van der Waals surface area contributed by atoms with Gasteiger partial charge in [-0.3, -0.25) is 24.3 Å². The minimum atomic E-state index is -0.336. The molecule has 0 unspecified atom stereocenters. The summed E-state index contributed by atoms with van der Waals surface area (Å²) in [6.07, 6.45) is 6.98. The lowest BCUT2D eigenvalue weighted by Crippen LogP contribution is -2.33. The van der Waals surface area contributed by atoms with Crippen LogP contribution in [0.5, 0.6) is 5.75 Å². The van der Waals surface area contributed by atoms with E-state index >= 15 is 0 Å². The highest BCUT2D eigenvalue weighted by molar-refractivity contribution is 5.98. The van der Waals surface area contributed by atoms with E-state index in [0.29, 0.717) is 43.1 Å². The standard InChI is InChI=1S/C29H37N5O5/c1-20(2)17-34(19-35)28-27(29(37)33(4)5)31-24(11-7-6-8-15-38-21(3)36)25(32-28)18-39-26-12-9-10-22-13-14-30-16-23(22)26/h9-10,12-14,16,19-20H,6-8,11,15,17-18H2,1-5H3. The Morgan fingerprint density at radius 2 is 1.85 bits per heavy atom. The Morgan fingerprint density at radius 1 is 1.05 bits per heavy atom. The van der Waals surface area contributed by atoms with Gasteiger partial charge in [-0.05, 0) is 49.1 Å². The van der Waals surface area contributed by atoms with Crippen LogP contribution in [0.15, 0.2) is 36.7 Å². The molecule has 3 rings (SSSR count). The highest BCUT2D eigenvalue weighted by Crippen LogP contribution is 2.27. The zero-order valence-electron chi connectivity index (χ0n) is 23.3. The Labute approximate surface area is 229 Å². The number of carbonyl (C=O) groups excluding carboxylic acids is 3. The molecule has 208 valence electrons. The van der Waals surface area contributed by atoms with Crippen LogP contribution >= 0.6 is 0 Å². The summed E-state index contributed by atoms with van der Waals surface area (Å²) in [4.78, 5) is 52.9. The molecule has 0 saturated carbocycles. The zero-order valence-corrected chi connectivity index (χ0v) is 23.3. The number of hydrogen-bond acceptors (Lipinski definition) is 8. The molecule has 0 aliphatic rings. The molecule has 0 atom stereocenters. The first-order chi connectivity index (χ1) is 18.7. The van der Waals surface area contributed by atoms with E-state index in [1.807, 2.05) is 38.1 Å². The molecule has 0 N–H and O–H groups in total. The Kier molecular flexibility index (Phi) is 10.7. The Balaban J connectivity index is 1.97. The van der Waals surface area contributed by atoms with Gasteiger partial charge in [0.1, 0.15) is 18.1 Å². The van der Waals surface area contributed by atoms with E-state index in [9.17, 15) is 14.4 Å². The largest absolute Gasteiger partial charge is 0.487 e. The summed E-state index contributed by atoms with van der Waals surface area (Å²) in [5.74, 6) is 0.386. The third-order valence-corrected chi connectivity index (χ3v) is 5.97. The van der Waals surface area contributed by atoms with Gasteiger partial charge in [-0.1, -0.05) is 26.0 Å². The summed E-state index contributed by atoms with van der Waals surface area (Å²) in [5, 5.41) is 1.87. The van der Waals surface area contributed by atoms with Gasteiger partial charge in [0.2, 0.25) is 6.41 Å². The molecule has 3 aromatic rings. The van der Waals surface area contributed by atoms with Crippen molar-refractivity contribution < 1.29 is 23.9 Å². The maximum Gasteiger partial charge on any atom is 0.302 e. The molecule has 2 heterocycles. The van der Waals surface area contributed by atoms with Crippen LogP contribution in [0, 0.1) is 5.92 Å². The van der Waals surface area contributed by atoms with E-state index in [1.165, 1.54) is 16.7 Å². The van der Waals surface area contributed by atoms with E-state index < -0.39 is 0 Å². The molecule has 0 fully saturated rings. The van der Waals surface area contributed by atoms with Gasteiger partial charge in [0, 0.05) is 45.3 Å². The SMILES string of the molecule is CC(=O)OCCCCCc1nc(C(=O)N(C)C)c(N(C=O)CC(C)C)nc1COc1cccc2ccncc12. The number of rotatable bonds is 14. The lowest BCUT2D eigenvalue weighted by molar-refractivity contribution is -0.141. The zero-order chi connectivity index (χ0) is 28.4. The van der Waals surface area contributed by atoms with Crippen molar-refractivity contribution >= 4 is 34.9 Å². The fourth-order valence-electron chi connectivity index (χ4n) is 4.08. The second-order valence-electron chi connectivity index (χ2n) is 9.93. The van der Waals surface area contributed by atoms with Gasteiger partial charge in [0.05, 0.1) is 12.3 Å². The molecule has 2 aromatic heterocycles. The summed E-state index contributed by atoms with van der Waals surface area (Å²) in [7, 11) is 3.28. The first kappa shape index (κ1) is 29.5. The summed E-state index contributed by atoms with van der Waals surface area (Å²) < 4.78 is 11.2.